The van der Waals surface area contributed by atoms with Crippen LogP contribution >= 0.6 is 0 Å². The van der Waals surface area contributed by atoms with Crippen molar-refractivity contribution in [2.45, 2.75) is 18.9 Å². The predicted molar refractivity (Wildman–Crippen MR) is 75.9 cm³/mol. The number of hydrogen-bond acceptors (Lipinski definition) is 5. The number of para-hydroxylation sites is 1. The number of nitrogens with zero attached hydrogens (tertiary/aromatic N) is 1. The lowest BCUT2D eigenvalue weighted by atomic mass is 10.1. The number of benzene rings is 1. The first-order chi connectivity index (χ1) is 9.49. The van der Waals surface area contributed by atoms with Crippen molar-refractivity contribution in [1.82, 2.24) is 5.32 Å². The number of amides is 1. The van der Waals surface area contributed by atoms with E-state index in [4.69, 9.17) is 5.73 Å². The van der Waals surface area contributed by atoms with Crippen LogP contribution in [-0.2, 0) is 10.8 Å². The number of nitro groups is 1. The second kappa shape index (κ2) is 6.00. The van der Waals surface area contributed by atoms with Crippen molar-refractivity contribution in [3.63, 3.8) is 0 Å². The molecule has 0 aliphatic carbocycles. The summed E-state index contributed by atoms with van der Waals surface area (Å²) in [4.78, 5) is 22.5. The van der Waals surface area contributed by atoms with Crippen molar-refractivity contribution in [1.29, 1.82) is 0 Å². The van der Waals surface area contributed by atoms with Crippen molar-refractivity contribution in [2.24, 2.45) is 0 Å². The molecule has 108 valence electrons. The smallest absolute Gasteiger partial charge is 0.304 e. The number of anilines is 1. The van der Waals surface area contributed by atoms with Crippen molar-refractivity contribution >= 4 is 28.1 Å². The van der Waals surface area contributed by atoms with E-state index >= 15 is 0 Å². The fraction of sp³-hybridized carbons (Fsp3) is 0.417. The van der Waals surface area contributed by atoms with Crippen LogP contribution in [0, 0.1) is 10.1 Å². The molecular formula is C12H15N3O4S. The van der Waals surface area contributed by atoms with Crippen LogP contribution in [0.1, 0.15) is 23.2 Å². The molecule has 1 amide bonds. The Kier molecular flexibility index (Phi) is 4.33. The summed E-state index contributed by atoms with van der Waals surface area (Å²) in [6.45, 7) is 0. The number of carbonyl (C=O) groups is 1. The minimum Gasteiger partial charge on any atom is -0.393 e. The second-order valence-electron chi connectivity index (χ2n) is 4.60. The van der Waals surface area contributed by atoms with Gasteiger partial charge in [0, 0.05) is 28.3 Å². The maximum atomic E-state index is 12.1. The van der Waals surface area contributed by atoms with Gasteiger partial charge in [0.2, 0.25) is 0 Å². The molecule has 2 rings (SSSR count). The fourth-order valence-corrected chi connectivity index (χ4v) is 3.45. The standard InChI is InChI=1S/C12H15N3O4S/c13-10-3-1-2-9(11(10)15(17)18)12(16)14-8-4-6-20(19)7-5-8/h1-3,8H,4-7,13H2,(H,14,16). The third kappa shape index (κ3) is 3.13. The van der Waals surface area contributed by atoms with Gasteiger partial charge in [-0.3, -0.25) is 19.1 Å². The van der Waals surface area contributed by atoms with Gasteiger partial charge in [0.05, 0.1) is 4.92 Å². The first kappa shape index (κ1) is 14.4. The first-order valence-corrected chi connectivity index (χ1v) is 7.66. The van der Waals surface area contributed by atoms with Crippen LogP contribution in [0.5, 0.6) is 0 Å². The van der Waals surface area contributed by atoms with Gasteiger partial charge < -0.3 is 11.1 Å². The van der Waals surface area contributed by atoms with Crippen LogP contribution in [0.25, 0.3) is 0 Å². The normalized spacial score (nSPS) is 22.2. The van der Waals surface area contributed by atoms with Gasteiger partial charge >= 0.3 is 5.69 Å². The average Bonchev–Trinajstić information content (AvgIpc) is 2.40. The highest BCUT2D eigenvalue weighted by Gasteiger charge is 2.26. The number of hydrogen-bond donors (Lipinski definition) is 2. The van der Waals surface area contributed by atoms with E-state index in [-0.39, 0.29) is 23.0 Å². The summed E-state index contributed by atoms with van der Waals surface area (Å²) in [6.07, 6.45) is 1.24. The summed E-state index contributed by atoms with van der Waals surface area (Å²) in [6, 6.07) is 4.18. The van der Waals surface area contributed by atoms with Gasteiger partial charge in [-0.25, -0.2) is 0 Å². The Morgan fingerprint density at radius 1 is 1.40 bits per heavy atom. The molecule has 0 saturated carbocycles. The van der Waals surface area contributed by atoms with Crippen LogP contribution in [0.2, 0.25) is 0 Å². The Balaban J connectivity index is 2.15. The summed E-state index contributed by atoms with van der Waals surface area (Å²) in [5.41, 5.74) is 5.10. The molecule has 1 aliphatic heterocycles. The third-order valence-corrected chi connectivity index (χ3v) is 4.60. The second-order valence-corrected chi connectivity index (χ2v) is 6.29. The number of nitrogen functional groups attached to an aromatic ring is 1. The lowest BCUT2D eigenvalue weighted by molar-refractivity contribution is -0.384. The van der Waals surface area contributed by atoms with Crippen molar-refractivity contribution < 1.29 is 13.9 Å². The Hall–Kier alpha value is -1.96. The molecule has 1 aromatic carbocycles. The number of carbonyl (C=O) groups excluding carboxylic acids is 1. The largest absolute Gasteiger partial charge is 0.393 e. The van der Waals surface area contributed by atoms with Gasteiger partial charge in [-0.2, -0.15) is 0 Å². The van der Waals surface area contributed by atoms with E-state index in [0.29, 0.717) is 24.3 Å². The molecule has 7 nitrogen and oxygen atoms in total. The highest BCUT2D eigenvalue weighted by atomic mass is 32.2. The minimum atomic E-state index is -0.815. The van der Waals surface area contributed by atoms with Gasteiger partial charge in [-0.15, -0.1) is 0 Å². The monoisotopic (exact) mass is 297 g/mol. The molecule has 0 atom stereocenters. The summed E-state index contributed by atoms with van der Waals surface area (Å²) in [5.74, 6) is 0.579. The zero-order valence-corrected chi connectivity index (χ0v) is 11.5. The zero-order chi connectivity index (χ0) is 14.7. The SMILES string of the molecule is Nc1cccc(C(=O)NC2CCS(=O)CC2)c1[N+](=O)[O-]. The molecule has 0 aromatic heterocycles. The fourth-order valence-electron chi connectivity index (χ4n) is 2.15. The van der Waals surface area contributed by atoms with E-state index in [1.165, 1.54) is 18.2 Å². The lowest BCUT2D eigenvalue weighted by Gasteiger charge is -2.22. The van der Waals surface area contributed by atoms with Crippen LogP contribution < -0.4 is 11.1 Å². The van der Waals surface area contributed by atoms with Gasteiger partial charge in [0.1, 0.15) is 11.3 Å². The summed E-state index contributed by atoms with van der Waals surface area (Å²) < 4.78 is 11.2. The zero-order valence-electron chi connectivity index (χ0n) is 10.7. The molecule has 0 bridgehead atoms. The molecule has 3 N–H and O–H groups in total. The number of nitro benzene ring substituents is 1. The van der Waals surface area contributed by atoms with Gasteiger partial charge in [0.25, 0.3) is 5.91 Å². The molecule has 1 saturated heterocycles. The van der Waals surface area contributed by atoms with Crippen molar-refractivity contribution in [2.75, 3.05) is 17.2 Å². The van der Waals surface area contributed by atoms with Crippen LogP contribution in [-0.4, -0.2) is 32.6 Å². The molecule has 20 heavy (non-hydrogen) atoms. The van der Waals surface area contributed by atoms with Gasteiger partial charge in [-0.1, -0.05) is 6.07 Å². The molecular weight excluding hydrogens is 282 g/mol. The summed E-state index contributed by atoms with van der Waals surface area (Å²) >= 11 is 0. The van der Waals surface area contributed by atoms with E-state index in [1.807, 2.05) is 0 Å². The maximum Gasteiger partial charge on any atom is 0.304 e. The topological polar surface area (TPSA) is 115 Å². The first-order valence-electron chi connectivity index (χ1n) is 6.17. The lowest BCUT2D eigenvalue weighted by Crippen LogP contribution is -2.39. The van der Waals surface area contributed by atoms with E-state index < -0.39 is 21.6 Å². The van der Waals surface area contributed by atoms with Crippen LogP contribution in [0.3, 0.4) is 0 Å². The third-order valence-electron chi connectivity index (χ3n) is 3.22. The molecule has 0 radical (unpaired) electrons. The Morgan fingerprint density at radius 3 is 2.65 bits per heavy atom. The quantitative estimate of drug-likeness (QED) is 0.487. The summed E-state index contributed by atoms with van der Waals surface area (Å²) in [5, 5.41) is 13.7. The van der Waals surface area contributed by atoms with Crippen molar-refractivity contribution in [3.8, 4) is 0 Å². The van der Waals surface area contributed by atoms with Gasteiger partial charge in [0.15, 0.2) is 0 Å². The number of nitrogens with two attached hydrogens (primary N) is 1. The van der Waals surface area contributed by atoms with Crippen molar-refractivity contribution in [3.05, 3.63) is 33.9 Å². The highest BCUT2D eigenvalue weighted by molar-refractivity contribution is 7.85. The molecule has 1 aromatic rings. The molecule has 0 unspecified atom stereocenters. The van der Waals surface area contributed by atoms with Gasteiger partial charge in [-0.05, 0) is 25.0 Å². The van der Waals surface area contributed by atoms with Crippen LogP contribution in [0.4, 0.5) is 11.4 Å². The van der Waals surface area contributed by atoms with E-state index in [1.54, 1.807) is 0 Å². The van der Waals surface area contributed by atoms with E-state index in [9.17, 15) is 19.1 Å². The average molecular weight is 297 g/mol. The molecule has 1 heterocycles. The van der Waals surface area contributed by atoms with E-state index in [2.05, 4.69) is 5.32 Å². The number of nitrogens with one attached hydrogen (secondary N) is 1. The molecule has 1 fully saturated rings. The molecule has 0 spiro atoms. The van der Waals surface area contributed by atoms with Crippen LogP contribution in [0.15, 0.2) is 18.2 Å². The Bertz CT molecular complexity index is 566. The Labute approximate surface area is 118 Å². The molecule has 1 aliphatic rings. The molecule has 8 heteroatoms. The predicted octanol–water partition coefficient (Wildman–Crippen LogP) is 0.818. The minimum absolute atomic E-state index is 0.0348. The highest BCUT2D eigenvalue weighted by Crippen LogP contribution is 2.26. The maximum absolute atomic E-state index is 12.1. The van der Waals surface area contributed by atoms with E-state index in [0.717, 1.165) is 0 Å². The summed E-state index contributed by atoms with van der Waals surface area (Å²) in [7, 11) is -0.815. The number of rotatable bonds is 3. The Morgan fingerprint density at radius 2 is 2.05 bits per heavy atom.